The van der Waals surface area contributed by atoms with Crippen molar-refractivity contribution in [2.45, 2.75) is 6.42 Å². The zero-order chi connectivity index (χ0) is 30.6. The van der Waals surface area contributed by atoms with E-state index in [0.29, 0.717) is 64.7 Å². The minimum atomic E-state index is -0.988. The van der Waals surface area contributed by atoms with Gasteiger partial charge >= 0.3 is 5.97 Å². The van der Waals surface area contributed by atoms with E-state index in [9.17, 15) is 14.4 Å². The van der Waals surface area contributed by atoms with Crippen molar-refractivity contribution in [3.05, 3.63) is 80.7 Å². The Hall–Kier alpha value is -4.37. The zero-order valence-corrected chi connectivity index (χ0v) is 25.1. The molecular weight excluding hydrogens is 605 g/mol. The third-order valence-corrected chi connectivity index (χ3v) is 8.70. The van der Waals surface area contributed by atoms with Gasteiger partial charge in [0.05, 0.1) is 35.6 Å². The first-order valence-electron chi connectivity index (χ1n) is 13.9. The molecule has 2 aromatic carbocycles. The number of aromatic amines is 2. The average Bonchev–Trinajstić information content (AvgIpc) is 3.61. The number of carbonyl (C=O) groups is 2. The number of aromatic nitrogens is 4. The van der Waals surface area contributed by atoms with Crippen LogP contribution in [0.15, 0.2) is 58.5 Å². The molecule has 14 heteroatoms. The van der Waals surface area contributed by atoms with Crippen LogP contribution in [0, 0.1) is 0 Å². The number of carboxylic acids is 1. The number of aromatic carboxylic acids is 1. The number of ether oxygens (including phenoxy) is 2. The van der Waals surface area contributed by atoms with Crippen LogP contribution in [-0.4, -0.2) is 97.0 Å². The van der Waals surface area contributed by atoms with Gasteiger partial charge in [-0.1, -0.05) is 42.2 Å². The Kier molecular flexibility index (Phi) is 8.84. The van der Waals surface area contributed by atoms with Gasteiger partial charge in [0.25, 0.3) is 11.5 Å². The normalized spacial score (nSPS) is 16.7. The summed E-state index contributed by atoms with van der Waals surface area (Å²) < 4.78 is 12.0. The van der Waals surface area contributed by atoms with Gasteiger partial charge in [-0.3, -0.25) is 19.4 Å². The number of carbonyl (C=O) groups excluding carboxylic acids is 1. The maximum absolute atomic E-state index is 13.3. The summed E-state index contributed by atoms with van der Waals surface area (Å²) in [5, 5.41) is 9.11. The fourth-order valence-electron chi connectivity index (χ4n) is 4.93. The summed E-state index contributed by atoms with van der Waals surface area (Å²) in [7, 11) is 0. The van der Waals surface area contributed by atoms with E-state index in [1.807, 2.05) is 12.1 Å². The number of amides is 1. The van der Waals surface area contributed by atoms with Gasteiger partial charge in [0.15, 0.2) is 11.2 Å². The van der Waals surface area contributed by atoms with E-state index in [1.165, 1.54) is 18.1 Å². The minimum absolute atomic E-state index is 0.207. The first kappa shape index (κ1) is 29.7. The number of nitrogens with one attached hydrogen (secondary N) is 2. The predicted molar refractivity (Wildman–Crippen MR) is 170 cm³/mol. The molecule has 12 nitrogen and oxygen atoms in total. The lowest BCUT2D eigenvalue weighted by molar-refractivity contribution is -0.122. The van der Waals surface area contributed by atoms with Crippen molar-refractivity contribution in [3.8, 4) is 17.1 Å². The summed E-state index contributed by atoms with van der Waals surface area (Å²) in [4.78, 5) is 55.8. The van der Waals surface area contributed by atoms with Gasteiger partial charge in [-0.05, 0) is 47.9 Å². The van der Waals surface area contributed by atoms with Crippen LogP contribution in [0.2, 0.25) is 0 Å². The number of carboxylic acid groups (broad SMARTS) is 1. The molecule has 6 rings (SSSR count). The van der Waals surface area contributed by atoms with E-state index in [4.69, 9.17) is 26.8 Å². The number of hydrogen-bond acceptors (Lipinski definition) is 10. The van der Waals surface area contributed by atoms with E-state index in [-0.39, 0.29) is 28.2 Å². The van der Waals surface area contributed by atoms with Crippen LogP contribution < -0.4 is 10.3 Å². The molecule has 2 fully saturated rings. The number of nitrogens with zero attached hydrogens (tertiary/aromatic N) is 4. The summed E-state index contributed by atoms with van der Waals surface area (Å²) in [6, 6.07) is 12.0. The lowest BCUT2D eigenvalue weighted by atomic mass is 10.1. The molecule has 0 radical (unpaired) electrons. The van der Waals surface area contributed by atoms with Crippen molar-refractivity contribution < 1.29 is 24.2 Å². The molecule has 2 aliphatic rings. The summed E-state index contributed by atoms with van der Waals surface area (Å²) in [5.74, 6) is -0.361. The molecule has 1 amide bonds. The molecular formula is C30H28N6O6S2. The Bertz CT molecular complexity index is 1810. The molecule has 3 N–H and O–H groups in total. The van der Waals surface area contributed by atoms with Crippen molar-refractivity contribution in [1.82, 2.24) is 29.7 Å². The fourth-order valence-corrected chi connectivity index (χ4v) is 6.24. The number of rotatable bonds is 10. The molecule has 0 bridgehead atoms. The molecule has 2 saturated heterocycles. The van der Waals surface area contributed by atoms with Crippen LogP contribution >= 0.6 is 24.0 Å². The van der Waals surface area contributed by atoms with Gasteiger partial charge in [0.1, 0.15) is 22.5 Å². The van der Waals surface area contributed by atoms with Crippen LogP contribution in [0.4, 0.5) is 0 Å². The van der Waals surface area contributed by atoms with E-state index >= 15 is 0 Å². The Balaban J connectivity index is 1.23. The van der Waals surface area contributed by atoms with Crippen LogP contribution in [0.3, 0.4) is 0 Å². The van der Waals surface area contributed by atoms with Gasteiger partial charge < -0.3 is 24.5 Å². The van der Waals surface area contributed by atoms with Crippen LogP contribution in [-0.2, 0) is 16.0 Å². The second-order valence-electron chi connectivity index (χ2n) is 10.2. The van der Waals surface area contributed by atoms with Crippen molar-refractivity contribution in [1.29, 1.82) is 0 Å². The van der Waals surface area contributed by atoms with Crippen LogP contribution in [0.25, 0.3) is 28.6 Å². The number of imidazole rings is 1. The van der Waals surface area contributed by atoms with Gasteiger partial charge in [-0.25, -0.2) is 14.8 Å². The summed E-state index contributed by atoms with van der Waals surface area (Å²) in [6.07, 6.45) is 3.70. The first-order valence-corrected chi connectivity index (χ1v) is 15.2. The number of H-pyrrole nitrogens is 2. The topological polar surface area (TPSA) is 154 Å². The van der Waals surface area contributed by atoms with E-state index in [0.717, 1.165) is 25.2 Å². The van der Waals surface area contributed by atoms with Crippen molar-refractivity contribution in [3.63, 3.8) is 0 Å². The number of benzene rings is 2. The second-order valence-corrected chi connectivity index (χ2v) is 11.8. The maximum atomic E-state index is 13.3. The number of fused-ring (bicyclic) bond motifs is 1. The minimum Gasteiger partial charge on any atom is -0.491 e. The molecule has 0 unspecified atom stereocenters. The Morgan fingerprint density at radius 1 is 1.14 bits per heavy atom. The first-order chi connectivity index (χ1) is 21.4. The highest BCUT2D eigenvalue weighted by Gasteiger charge is 2.31. The zero-order valence-electron chi connectivity index (χ0n) is 23.4. The predicted octanol–water partition coefficient (Wildman–Crippen LogP) is 3.17. The molecule has 0 spiro atoms. The van der Waals surface area contributed by atoms with Crippen molar-refractivity contribution in [2.24, 2.45) is 0 Å². The highest BCUT2D eigenvalue weighted by molar-refractivity contribution is 8.26. The van der Waals surface area contributed by atoms with Crippen molar-refractivity contribution >= 4 is 57.4 Å². The number of hydrogen-bond donors (Lipinski definition) is 3. The fraction of sp³-hybridized carbons (Fsp3) is 0.267. The van der Waals surface area contributed by atoms with Gasteiger partial charge in [-0.15, -0.1) is 0 Å². The highest BCUT2D eigenvalue weighted by atomic mass is 32.2. The van der Waals surface area contributed by atoms with E-state index in [1.54, 1.807) is 41.3 Å². The smallest absolute Gasteiger partial charge is 0.335 e. The molecule has 2 aliphatic heterocycles. The van der Waals surface area contributed by atoms with Gasteiger partial charge in [-0.2, -0.15) is 0 Å². The molecule has 2 aromatic heterocycles. The third kappa shape index (κ3) is 6.58. The second kappa shape index (κ2) is 13.1. The number of thioether (sulfide) groups is 1. The Morgan fingerprint density at radius 2 is 1.93 bits per heavy atom. The Morgan fingerprint density at radius 3 is 2.70 bits per heavy atom. The largest absolute Gasteiger partial charge is 0.491 e. The molecule has 44 heavy (non-hydrogen) atoms. The highest BCUT2D eigenvalue weighted by Crippen LogP contribution is 2.35. The summed E-state index contributed by atoms with van der Waals surface area (Å²) >= 11 is 6.73. The van der Waals surface area contributed by atoms with Gasteiger partial charge in [0, 0.05) is 26.2 Å². The van der Waals surface area contributed by atoms with Gasteiger partial charge in [0.2, 0.25) is 0 Å². The lowest BCUT2D eigenvalue weighted by Crippen LogP contribution is -2.38. The molecule has 0 atom stereocenters. The maximum Gasteiger partial charge on any atom is 0.335 e. The number of morpholine rings is 1. The molecule has 4 heterocycles. The van der Waals surface area contributed by atoms with Crippen molar-refractivity contribution in [2.75, 3.05) is 46.0 Å². The monoisotopic (exact) mass is 632 g/mol. The lowest BCUT2D eigenvalue weighted by Gasteiger charge is -2.26. The molecule has 4 aromatic rings. The quantitative estimate of drug-likeness (QED) is 0.175. The van der Waals surface area contributed by atoms with E-state index in [2.05, 4.69) is 24.8 Å². The standard InChI is InChI=1S/C30H28N6O6S2/c37-27-24-26(32-17-31-24)33-25(34-27)21-15-19(3-6-22(21)42-14-11-35-9-12-41-13-10-35)16-23-28(38)36(30(43)44-23)8-7-18-1-4-20(5-2-18)29(39)40/h1-6,15-17H,7-14H2,(H,39,40)(H2,31,32,33,34,37)/b23-16-. The Labute approximate surface area is 261 Å². The molecule has 0 saturated carbocycles. The summed E-state index contributed by atoms with van der Waals surface area (Å²) in [6.45, 7) is 4.59. The molecule has 226 valence electrons. The number of thiocarbonyl (C=S) groups is 1. The average molecular weight is 633 g/mol. The van der Waals surface area contributed by atoms with Crippen LogP contribution in [0.1, 0.15) is 21.5 Å². The van der Waals surface area contributed by atoms with E-state index < -0.39 is 5.97 Å². The van der Waals surface area contributed by atoms with Crippen LogP contribution in [0.5, 0.6) is 5.75 Å². The SMILES string of the molecule is O=C(O)c1ccc(CCN2C(=O)/C(=C/c3ccc(OCCN4CCOCC4)c(-c4nc5nc[nH]c5c(=O)[nH]4)c3)SC2=S)cc1. The summed E-state index contributed by atoms with van der Waals surface area (Å²) in [5.41, 5.74) is 2.58. The third-order valence-electron chi connectivity index (χ3n) is 7.32. The molecule has 0 aliphatic carbocycles.